The zero-order chi connectivity index (χ0) is 37.9. The molecule has 3 N–H and O–H groups in total. The molecule has 0 heterocycles. The van der Waals surface area contributed by atoms with E-state index in [1.54, 1.807) is 20.2 Å². The van der Waals surface area contributed by atoms with Crippen LogP contribution >= 0.6 is 0 Å². The summed E-state index contributed by atoms with van der Waals surface area (Å²) in [5, 5.41) is 9.15. The third-order valence-corrected chi connectivity index (χ3v) is 7.06. The molecule has 1 saturated carbocycles. The van der Waals surface area contributed by atoms with Gasteiger partial charge in [-0.1, -0.05) is 89.6 Å². The molecule has 8 nitrogen and oxygen atoms in total. The third-order valence-electron chi connectivity index (χ3n) is 7.06. The third kappa shape index (κ3) is 29.6. The molecule has 0 aromatic heterocycles. The molecule has 0 aromatic carbocycles. The van der Waals surface area contributed by atoms with Gasteiger partial charge in [0, 0.05) is 20.1 Å². The van der Waals surface area contributed by atoms with E-state index in [0.29, 0.717) is 25.6 Å². The van der Waals surface area contributed by atoms with Crippen molar-refractivity contribution in [1.29, 1.82) is 0 Å². The zero-order valence-corrected chi connectivity index (χ0v) is 33.0. The molecule has 0 radical (unpaired) electrons. The summed E-state index contributed by atoms with van der Waals surface area (Å²) in [5.74, 6) is 1.19. The van der Waals surface area contributed by atoms with Crippen LogP contribution in [0.1, 0.15) is 114 Å². The number of alkyl halides is 1. The fourth-order valence-corrected chi connectivity index (χ4v) is 4.48. The van der Waals surface area contributed by atoms with Crippen molar-refractivity contribution < 1.29 is 23.5 Å². The Morgan fingerprint density at radius 3 is 2.20 bits per heavy atom. The van der Waals surface area contributed by atoms with Crippen LogP contribution in [-0.4, -0.2) is 82.1 Å². The number of aldehydes is 1. The summed E-state index contributed by atoms with van der Waals surface area (Å²) in [6.07, 6.45) is 22.3. The molecule has 0 bridgehead atoms. The lowest BCUT2D eigenvalue weighted by molar-refractivity contribution is -0.134. The van der Waals surface area contributed by atoms with E-state index >= 15 is 0 Å². The monoisotopic (exact) mass is 693 g/mol. The van der Waals surface area contributed by atoms with Crippen LogP contribution in [0.15, 0.2) is 59.4 Å². The summed E-state index contributed by atoms with van der Waals surface area (Å²) >= 11 is 0. The molecule has 1 aliphatic rings. The molecule has 1 aliphatic carbocycles. The average Bonchev–Trinajstić information content (AvgIpc) is 3.94. The second kappa shape index (κ2) is 36.2. The molecule has 49 heavy (non-hydrogen) atoms. The van der Waals surface area contributed by atoms with Gasteiger partial charge in [-0.2, -0.15) is 0 Å². The van der Waals surface area contributed by atoms with E-state index < -0.39 is 0 Å². The molecule has 1 rings (SSSR count). The molecule has 0 saturated heterocycles. The SMILES string of the molecule is CC.CC.CC/C=C(C)\C=C/CF.CC/C=C/CC=C/C(CCCCNC(=O)CNC)=C(\C)OC(C)CNC(C(=O)N(C)CC=O)C1CC1. The number of ether oxygens (including phenoxy) is 1. The molecular weight excluding hydrogens is 619 g/mol. The Hall–Kier alpha value is -3.04. The van der Waals surface area contributed by atoms with Crippen molar-refractivity contribution in [1.82, 2.24) is 20.9 Å². The van der Waals surface area contributed by atoms with Crippen molar-refractivity contribution in [2.24, 2.45) is 5.92 Å². The largest absolute Gasteiger partial charge is 0.494 e. The first-order valence-electron chi connectivity index (χ1n) is 18.5. The first kappa shape index (κ1) is 50.3. The molecule has 2 atom stereocenters. The summed E-state index contributed by atoms with van der Waals surface area (Å²) in [4.78, 5) is 36.6. The number of amides is 2. The van der Waals surface area contributed by atoms with Crippen LogP contribution < -0.4 is 16.0 Å². The van der Waals surface area contributed by atoms with E-state index in [1.165, 1.54) is 11.0 Å². The summed E-state index contributed by atoms with van der Waals surface area (Å²) in [5.41, 5.74) is 2.28. The van der Waals surface area contributed by atoms with Gasteiger partial charge in [-0.05, 0) is 90.7 Å². The van der Waals surface area contributed by atoms with E-state index in [0.717, 1.165) is 74.6 Å². The number of nitrogens with zero attached hydrogens (tertiary/aromatic N) is 1. The lowest BCUT2D eigenvalue weighted by Crippen LogP contribution is -2.48. The maximum absolute atomic E-state index is 12.7. The number of halogens is 1. The van der Waals surface area contributed by atoms with Crippen molar-refractivity contribution in [2.75, 3.05) is 46.9 Å². The summed E-state index contributed by atoms with van der Waals surface area (Å²) in [7, 11) is 3.43. The van der Waals surface area contributed by atoms with Crippen LogP contribution in [-0.2, 0) is 19.1 Å². The average molecular weight is 693 g/mol. The Bertz CT molecular complexity index is 987. The summed E-state index contributed by atoms with van der Waals surface area (Å²) in [6, 6.07) is -0.270. The Morgan fingerprint density at radius 2 is 1.65 bits per heavy atom. The lowest BCUT2D eigenvalue weighted by atomic mass is 10.1. The van der Waals surface area contributed by atoms with E-state index in [9.17, 15) is 18.8 Å². The number of carbonyl (C=O) groups excluding carboxylic acids is 3. The molecule has 2 unspecified atom stereocenters. The Labute approximate surface area is 300 Å². The minimum atomic E-state index is -0.366. The van der Waals surface area contributed by atoms with Gasteiger partial charge in [0.25, 0.3) is 0 Å². The quantitative estimate of drug-likeness (QED) is 0.0330. The molecule has 0 aliphatic heterocycles. The first-order valence-corrected chi connectivity index (χ1v) is 18.5. The second-order valence-corrected chi connectivity index (χ2v) is 11.4. The number of rotatable bonds is 23. The van der Waals surface area contributed by atoms with Gasteiger partial charge < -0.3 is 30.4 Å². The molecular formula is C40H73FN4O4. The Morgan fingerprint density at radius 1 is 0.980 bits per heavy atom. The molecule has 0 spiro atoms. The smallest absolute Gasteiger partial charge is 0.240 e. The minimum absolute atomic E-state index is 0.0112. The zero-order valence-electron chi connectivity index (χ0n) is 33.0. The standard InChI is InChI=1S/C28H48N4O4.C8H13F.2C2H6/c1-6-7-8-9-10-13-24(14-11-12-17-30-26(34)21-29-4)23(3)36-22(2)20-31-27(25-15-16-25)28(35)32(5)18-19-33;1-3-5-8(2)6-4-7-9;2*1-2/h7-8,10,13,19,22,25,27,29,31H,6,9,11-12,14-18,20-21H2,1-5H3,(H,30,34);4-6H,3,7H2,1-2H3;2*1-2H3/b8-7+,13-10?,24-23-;6-4-,8-5-;;. The van der Waals surface area contributed by atoms with Crippen molar-refractivity contribution in [3.8, 4) is 0 Å². The topological polar surface area (TPSA) is 99.8 Å². The minimum Gasteiger partial charge on any atom is -0.494 e. The van der Waals surface area contributed by atoms with Gasteiger partial charge in [0.15, 0.2) is 0 Å². The van der Waals surface area contributed by atoms with Crippen LogP contribution in [0, 0.1) is 5.92 Å². The van der Waals surface area contributed by atoms with E-state index in [1.807, 2.05) is 48.5 Å². The predicted octanol–water partition coefficient (Wildman–Crippen LogP) is 8.03. The van der Waals surface area contributed by atoms with E-state index in [-0.39, 0.29) is 37.2 Å². The van der Waals surface area contributed by atoms with Gasteiger partial charge in [-0.15, -0.1) is 0 Å². The summed E-state index contributed by atoms with van der Waals surface area (Å²) in [6.45, 7) is 19.4. The number of hydrogen-bond donors (Lipinski definition) is 3. The van der Waals surface area contributed by atoms with Gasteiger partial charge in [0.2, 0.25) is 11.8 Å². The van der Waals surface area contributed by atoms with Gasteiger partial charge in [-0.25, -0.2) is 4.39 Å². The molecule has 2 amide bonds. The Kier molecular flexibility index (Phi) is 37.2. The maximum Gasteiger partial charge on any atom is 0.240 e. The van der Waals surface area contributed by atoms with Gasteiger partial charge in [0.1, 0.15) is 19.1 Å². The molecule has 284 valence electrons. The lowest BCUT2D eigenvalue weighted by Gasteiger charge is -2.25. The van der Waals surface area contributed by atoms with Crippen molar-refractivity contribution in [2.45, 2.75) is 126 Å². The van der Waals surface area contributed by atoms with E-state index in [2.05, 4.69) is 60.2 Å². The molecule has 0 aromatic rings. The fourth-order valence-electron chi connectivity index (χ4n) is 4.48. The normalized spacial score (nSPS) is 14.4. The Balaban J connectivity index is -0.00000139. The number of carbonyl (C=O) groups is 3. The highest BCUT2D eigenvalue weighted by atomic mass is 19.1. The number of nitrogens with one attached hydrogen (secondary N) is 3. The van der Waals surface area contributed by atoms with Crippen LogP contribution in [0.4, 0.5) is 4.39 Å². The number of likely N-dealkylation sites (N-methyl/N-ethyl adjacent to an activating group) is 2. The van der Waals surface area contributed by atoms with Crippen LogP contribution in [0.25, 0.3) is 0 Å². The van der Waals surface area contributed by atoms with Crippen LogP contribution in [0.3, 0.4) is 0 Å². The summed E-state index contributed by atoms with van der Waals surface area (Å²) < 4.78 is 17.7. The fraction of sp³-hybridized carbons (Fsp3) is 0.675. The number of unbranched alkanes of at least 4 members (excludes halogenated alkanes) is 1. The number of hydrogen-bond acceptors (Lipinski definition) is 6. The van der Waals surface area contributed by atoms with Crippen molar-refractivity contribution in [3.05, 3.63) is 59.4 Å². The molecule has 1 fully saturated rings. The number of allylic oxidation sites excluding steroid dienone is 10. The van der Waals surface area contributed by atoms with Gasteiger partial charge in [-0.3, -0.25) is 9.59 Å². The van der Waals surface area contributed by atoms with Crippen molar-refractivity contribution in [3.63, 3.8) is 0 Å². The predicted molar refractivity (Wildman–Crippen MR) is 207 cm³/mol. The molecule has 9 heteroatoms. The van der Waals surface area contributed by atoms with Gasteiger partial charge in [0.05, 0.1) is 24.9 Å². The first-order chi connectivity index (χ1) is 23.6. The maximum atomic E-state index is 12.7. The highest BCUT2D eigenvalue weighted by Gasteiger charge is 2.37. The second-order valence-electron chi connectivity index (χ2n) is 11.4. The van der Waals surface area contributed by atoms with Gasteiger partial charge >= 0.3 is 0 Å². The van der Waals surface area contributed by atoms with Crippen LogP contribution in [0.2, 0.25) is 0 Å². The van der Waals surface area contributed by atoms with Crippen molar-refractivity contribution >= 4 is 18.1 Å². The highest BCUT2D eigenvalue weighted by molar-refractivity contribution is 5.84. The van der Waals surface area contributed by atoms with Crippen LogP contribution in [0.5, 0.6) is 0 Å². The highest BCUT2D eigenvalue weighted by Crippen LogP contribution is 2.33. The van der Waals surface area contributed by atoms with E-state index in [4.69, 9.17) is 4.74 Å².